The SMILES string of the molecule is NCc1ccc(C2(O)CCC2)cc1. The molecule has 0 aromatic heterocycles. The van der Waals surface area contributed by atoms with Gasteiger partial charge in [-0.3, -0.25) is 0 Å². The maximum atomic E-state index is 10.0. The van der Waals surface area contributed by atoms with Gasteiger partial charge < -0.3 is 10.8 Å². The van der Waals surface area contributed by atoms with Gasteiger partial charge >= 0.3 is 0 Å². The van der Waals surface area contributed by atoms with Crippen LogP contribution in [0.15, 0.2) is 24.3 Å². The van der Waals surface area contributed by atoms with E-state index >= 15 is 0 Å². The molecule has 0 amide bonds. The largest absolute Gasteiger partial charge is 0.385 e. The smallest absolute Gasteiger partial charge is 0.0896 e. The van der Waals surface area contributed by atoms with Crippen molar-refractivity contribution in [3.8, 4) is 0 Å². The average Bonchev–Trinajstić information content (AvgIpc) is 2.14. The summed E-state index contributed by atoms with van der Waals surface area (Å²) in [5.41, 5.74) is 7.11. The Morgan fingerprint density at radius 1 is 1.23 bits per heavy atom. The molecule has 2 rings (SSSR count). The summed E-state index contributed by atoms with van der Waals surface area (Å²) < 4.78 is 0. The van der Waals surface area contributed by atoms with E-state index in [9.17, 15) is 5.11 Å². The van der Waals surface area contributed by atoms with Gasteiger partial charge in [-0.25, -0.2) is 0 Å². The first kappa shape index (κ1) is 8.73. The summed E-state index contributed by atoms with van der Waals surface area (Å²) in [7, 11) is 0. The summed E-state index contributed by atoms with van der Waals surface area (Å²) in [6.07, 6.45) is 2.93. The lowest BCUT2D eigenvalue weighted by atomic mass is 9.75. The Morgan fingerprint density at radius 2 is 1.85 bits per heavy atom. The van der Waals surface area contributed by atoms with Gasteiger partial charge in [0.25, 0.3) is 0 Å². The van der Waals surface area contributed by atoms with Gasteiger partial charge in [-0.1, -0.05) is 24.3 Å². The normalized spacial score (nSPS) is 19.5. The molecular weight excluding hydrogens is 162 g/mol. The minimum atomic E-state index is -0.535. The molecule has 3 N–H and O–H groups in total. The first-order valence-electron chi connectivity index (χ1n) is 4.76. The average molecular weight is 177 g/mol. The third kappa shape index (κ3) is 1.47. The fraction of sp³-hybridized carbons (Fsp3) is 0.455. The van der Waals surface area contributed by atoms with Gasteiger partial charge in [0.1, 0.15) is 0 Å². The van der Waals surface area contributed by atoms with E-state index < -0.39 is 5.60 Å². The Bertz CT molecular complexity index is 287. The molecule has 1 aliphatic carbocycles. The van der Waals surface area contributed by atoms with Crippen molar-refractivity contribution in [3.05, 3.63) is 35.4 Å². The summed E-state index contributed by atoms with van der Waals surface area (Å²) in [6.45, 7) is 0.568. The lowest BCUT2D eigenvalue weighted by molar-refractivity contribution is -0.0388. The molecule has 0 heterocycles. The van der Waals surface area contributed by atoms with E-state index in [4.69, 9.17) is 5.73 Å². The first-order chi connectivity index (χ1) is 6.24. The Labute approximate surface area is 78.4 Å². The maximum absolute atomic E-state index is 10.0. The van der Waals surface area contributed by atoms with Crippen LogP contribution in [-0.4, -0.2) is 5.11 Å². The first-order valence-corrected chi connectivity index (χ1v) is 4.76. The second kappa shape index (κ2) is 3.13. The summed E-state index contributed by atoms with van der Waals surface area (Å²) in [5, 5.41) is 10.0. The van der Waals surface area contributed by atoms with Crippen LogP contribution < -0.4 is 5.73 Å². The lowest BCUT2D eigenvalue weighted by Crippen LogP contribution is -2.33. The predicted octanol–water partition coefficient (Wildman–Crippen LogP) is 1.52. The number of hydrogen-bond acceptors (Lipinski definition) is 2. The highest BCUT2D eigenvalue weighted by Gasteiger charge is 2.35. The zero-order chi connectivity index (χ0) is 9.31. The van der Waals surface area contributed by atoms with Gasteiger partial charge in [0.15, 0.2) is 0 Å². The third-order valence-electron chi connectivity index (χ3n) is 2.91. The van der Waals surface area contributed by atoms with Crippen LogP contribution in [0.2, 0.25) is 0 Å². The number of rotatable bonds is 2. The summed E-state index contributed by atoms with van der Waals surface area (Å²) >= 11 is 0. The van der Waals surface area contributed by atoms with Crippen LogP contribution in [-0.2, 0) is 12.1 Å². The van der Waals surface area contributed by atoms with Gasteiger partial charge in [0.05, 0.1) is 5.60 Å². The van der Waals surface area contributed by atoms with Crippen LogP contribution in [0.25, 0.3) is 0 Å². The summed E-state index contributed by atoms with van der Waals surface area (Å²) in [6, 6.07) is 7.96. The van der Waals surface area contributed by atoms with Gasteiger partial charge in [-0.2, -0.15) is 0 Å². The van der Waals surface area contributed by atoms with E-state index in [1.54, 1.807) is 0 Å². The van der Waals surface area contributed by atoms with Crippen LogP contribution in [0.4, 0.5) is 0 Å². The Kier molecular flexibility index (Phi) is 2.10. The molecule has 0 spiro atoms. The van der Waals surface area contributed by atoms with Crippen LogP contribution in [0.1, 0.15) is 30.4 Å². The highest BCUT2D eigenvalue weighted by atomic mass is 16.3. The lowest BCUT2D eigenvalue weighted by Gasteiger charge is -2.37. The van der Waals surface area contributed by atoms with E-state index in [0.29, 0.717) is 6.54 Å². The van der Waals surface area contributed by atoms with Crippen molar-refractivity contribution in [3.63, 3.8) is 0 Å². The Balaban J connectivity index is 2.22. The van der Waals surface area contributed by atoms with E-state index in [2.05, 4.69) is 0 Å². The number of hydrogen-bond donors (Lipinski definition) is 2. The van der Waals surface area contributed by atoms with Gasteiger partial charge in [0, 0.05) is 6.54 Å². The van der Waals surface area contributed by atoms with Gasteiger partial charge in [-0.15, -0.1) is 0 Å². The standard InChI is InChI=1S/C11H15NO/c12-8-9-2-4-10(5-3-9)11(13)6-1-7-11/h2-5,13H,1,6-8,12H2. The molecule has 0 bridgehead atoms. The predicted molar refractivity (Wildman–Crippen MR) is 52.1 cm³/mol. The molecule has 0 unspecified atom stereocenters. The van der Waals surface area contributed by atoms with Crippen molar-refractivity contribution in [2.75, 3.05) is 0 Å². The van der Waals surface area contributed by atoms with Crippen LogP contribution in [0.3, 0.4) is 0 Å². The molecule has 0 saturated heterocycles. The number of benzene rings is 1. The second-order valence-electron chi connectivity index (χ2n) is 3.79. The van der Waals surface area contributed by atoms with Crippen LogP contribution >= 0.6 is 0 Å². The third-order valence-corrected chi connectivity index (χ3v) is 2.91. The molecule has 13 heavy (non-hydrogen) atoms. The Morgan fingerprint density at radius 3 is 2.23 bits per heavy atom. The van der Waals surface area contributed by atoms with E-state index in [-0.39, 0.29) is 0 Å². The van der Waals surface area contributed by atoms with Crippen molar-refractivity contribution in [1.82, 2.24) is 0 Å². The molecule has 1 aliphatic rings. The van der Waals surface area contributed by atoms with E-state index in [1.165, 1.54) is 0 Å². The molecule has 1 aromatic carbocycles. The number of aliphatic hydroxyl groups is 1. The van der Waals surface area contributed by atoms with Crippen molar-refractivity contribution in [2.45, 2.75) is 31.4 Å². The zero-order valence-electron chi connectivity index (χ0n) is 7.66. The quantitative estimate of drug-likeness (QED) is 0.719. The molecular formula is C11H15NO. The molecule has 0 radical (unpaired) electrons. The Hall–Kier alpha value is -0.860. The topological polar surface area (TPSA) is 46.2 Å². The number of nitrogens with two attached hydrogens (primary N) is 1. The van der Waals surface area contributed by atoms with Gasteiger partial charge in [0.2, 0.25) is 0 Å². The van der Waals surface area contributed by atoms with Crippen LogP contribution in [0, 0.1) is 0 Å². The fourth-order valence-electron chi connectivity index (χ4n) is 1.75. The zero-order valence-corrected chi connectivity index (χ0v) is 7.66. The highest BCUT2D eigenvalue weighted by Crippen LogP contribution is 2.40. The highest BCUT2D eigenvalue weighted by molar-refractivity contribution is 5.28. The molecule has 1 aromatic rings. The van der Waals surface area contributed by atoms with Crippen LogP contribution in [0.5, 0.6) is 0 Å². The molecule has 1 fully saturated rings. The molecule has 1 saturated carbocycles. The van der Waals surface area contributed by atoms with Gasteiger partial charge in [-0.05, 0) is 30.4 Å². The van der Waals surface area contributed by atoms with Crippen molar-refractivity contribution in [1.29, 1.82) is 0 Å². The molecule has 70 valence electrons. The molecule has 2 heteroatoms. The van der Waals surface area contributed by atoms with Crippen molar-refractivity contribution >= 4 is 0 Å². The maximum Gasteiger partial charge on any atom is 0.0896 e. The van der Waals surface area contributed by atoms with Crippen molar-refractivity contribution in [2.24, 2.45) is 5.73 Å². The fourth-order valence-corrected chi connectivity index (χ4v) is 1.75. The summed E-state index contributed by atoms with van der Waals surface area (Å²) in [4.78, 5) is 0. The monoisotopic (exact) mass is 177 g/mol. The van der Waals surface area contributed by atoms with Crippen molar-refractivity contribution < 1.29 is 5.11 Å². The molecule has 0 aliphatic heterocycles. The second-order valence-corrected chi connectivity index (χ2v) is 3.79. The van der Waals surface area contributed by atoms with E-state index in [1.807, 2.05) is 24.3 Å². The minimum absolute atomic E-state index is 0.535. The van der Waals surface area contributed by atoms with E-state index in [0.717, 1.165) is 30.4 Å². The molecule has 0 atom stereocenters. The summed E-state index contributed by atoms with van der Waals surface area (Å²) in [5.74, 6) is 0. The molecule has 2 nitrogen and oxygen atoms in total. The minimum Gasteiger partial charge on any atom is -0.385 e.